The number of hydrogen-bond donors (Lipinski definition) is 2. The summed E-state index contributed by atoms with van der Waals surface area (Å²) in [6.07, 6.45) is 5.59. The average molecular weight is 545 g/mol. The van der Waals surface area contributed by atoms with Gasteiger partial charge in [-0.2, -0.15) is 0 Å². The molecule has 1 aromatic heterocycles. The lowest BCUT2D eigenvalue weighted by Crippen LogP contribution is -2.47. The number of aromatic nitrogens is 3. The van der Waals surface area contributed by atoms with Gasteiger partial charge in [-0.1, -0.05) is 12.8 Å². The van der Waals surface area contributed by atoms with Crippen molar-refractivity contribution < 1.29 is 8.78 Å². The van der Waals surface area contributed by atoms with Crippen LogP contribution in [-0.4, -0.2) is 45.9 Å². The number of rotatable bonds is 5. The minimum atomic E-state index is -0.556. The normalized spacial score (nSPS) is 19.5. The molecule has 1 aliphatic carbocycles. The SMILES string of the molecule is Cc1nnc(CN=C(NC2CCCC2)NC2CCN(c3ccc(F)cc3F)C2)n1C.I. The van der Waals surface area contributed by atoms with E-state index in [4.69, 9.17) is 4.99 Å². The van der Waals surface area contributed by atoms with Gasteiger partial charge in [-0.3, -0.25) is 0 Å². The van der Waals surface area contributed by atoms with Gasteiger partial charge in [-0.05, 0) is 38.3 Å². The smallest absolute Gasteiger partial charge is 0.192 e. The van der Waals surface area contributed by atoms with Crippen molar-refractivity contribution in [2.75, 3.05) is 18.0 Å². The summed E-state index contributed by atoms with van der Waals surface area (Å²) in [4.78, 5) is 6.70. The minimum Gasteiger partial charge on any atom is -0.367 e. The Kier molecular flexibility index (Phi) is 8.06. The number of nitrogens with zero attached hydrogens (tertiary/aromatic N) is 5. The van der Waals surface area contributed by atoms with Crippen molar-refractivity contribution in [3.05, 3.63) is 41.5 Å². The molecule has 0 spiro atoms. The van der Waals surface area contributed by atoms with E-state index in [1.807, 2.05) is 23.4 Å². The Bertz CT molecular complexity index is 911. The highest BCUT2D eigenvalue weighted by atomic mass is 127. The van der Waals surface area contributed by atoms with Crippen LogP contribution < -0.4 is 15.5 Å². The number of aliphatic imine (C=N–C) groups is 1. The Balaban J connectivity index is 0.00000272. The number of guanidine groups is 1. The van der Waals surface area contributed by atoms with Crippen molar-refractivity contribution in [1.82, 2.24) is 25.4 Å². The second kappa shape index (κ2) is 10.6. The first-order chi connectivity index (χ1) is 14.5. The Morgan fingerprint density at radius 1 is 1.13 bits per heavy atom. The van der Waals surface area contributed by atoms with Gasteiger partial charge in [0, 0.05) is 38.3 Å². The monoisotopic (exact) mass is 545 g/mol. The van der Waals surface area contributed by atoms with Crippen molar-refractivity contribution in [2.45, 2.75) is 57.7 Å². The van der Waals surface area contributed by atoms with Gasteiger partial charge in [0.1, 0.15) is 24.0 Å². The first-order valence-electron chi connectivity index (χ1n) is 10.6. The van der Waals surface area contributed by atoms with E-state index >= 15 is 0 Å². The summed E-state index contributed by atoms with van der Waals surface area (Å²) in [6, 6.07) is 4.30. The lowest BCUT2D eigenvalue weighted by Gasteiger charge is -2.22. The molecule has 1 aromatic carbocycles. The number of aryl methyl sites for hydroxylation is 1. The predicted molar refractivity (Wildman–Crippen MR) is 128 cm³/mol. The molecule has 2 fully saturated rings. The summed E-state index contributed by atoms with van der Waals surface area (Å²) in [5.74, 6) is 1.34. The first kappa shape index (κ1) is 23.7. The lowest BCUT2D eigenvalue weighted by molar-refractivity contribution is 0.577. The van der Waals surface area contributed by atoms with Crippen LogP contribution in [-0.2, 0) is 13.6 Å². The standard InChI is InChI=1S/C21H29F2N7.HI/c1-14-27-28-20(29(14)2)12-24-21(25-16-5-3-4-6-16)26-17-9-10-30(13-17)19-8-7-15(22)11-18(19)23;/h7-8,11,16-17H,3-6,9-10,12-13H2,1-2H3,(H2,24,25,26);1H. The molecule has 4 rings (SSSR count). The Morgan fingerprint density at radius 2 is 1.87 bits per heavy atom. The highest BCUT2D eigenvalue weighted by Gasteiger charge is 2.26. The average Bonchev–Trinajstić information content (AvgIpc) is 3.45. The summed E-state index contributed by atoms with van der Waals surface area (Å²) in [5, 5.41) is 15.3. The van der Waals surface area contributed by atoms with Crippen LogP contribution >= 0.6 is 24.0 Å². The number of halogens is 3. The van der Waals surface area contributed by atoms with E-state index in [2.05, 4.69) is 20.8 Å². The third-order valence-electron chi connectivity index (χ3n) is 6.04. The van der Waals surface area contributed by atoms with Gasteiger partial charge in [0.15, 0.2) is 11.8 Å². The molecule has 170 valence electrons. The van der Waals surface area contributed by atoms with E-state index < -0.39 is 11.6 Å². The highest BCUT2D eigenvalue weighted by Crippen LogP contribution is 2.24. The first-order valence-corrected chi connectivity index (χ1v) is 10.6. The molecule has 2 aliphatic rings. The van der Waals surface area contributed by atoms with Crippen molar-refractivity contribution in [3.8, 4) is 0 Å². The van der Waals surface area contributed by atoms with E-state index in [0.717, 1.165) is 42.9 Å². The quantitative estimate of drug-likeness (QED) is 0.343. The Morgan fingerprint density at radius 3 is 2.55 bits per heavy atom. The lowest BCUT2D eigenvalue weighted by atomic mass is 10.2. The van der Waals surface area contributed by atoms with Crippen molar-refractivity contribution in [1.29, 1.82) is 0 Å². The molecule has 2 heterocycles. The molecule has 1 atom stereocenters. The maximum absolute atomic E-state index is 14.2. The summed E-state index contributed by atoms with van der Waals surface area (Å²) >= 11 is 0. The summed E-state index contributed by atoms with van der Waals surface area (Å²) < 4.78 is 29.3. The van der Waals surface area contributed by atoms with Crippen LogP contribution in [0.15, 0.2) is 23.2 Å². The molecule has 1 unspecified atom stereocenters. The molecule has 1 saturated carbocycles. The van der Waals surface area contributed by atoms with Crippen molar-refractivity contribution in [3.63, 3.8) is 0 Å². The zero-order chi connectivity index (χ0) is 21.1. The second-order valence-corrected chi connectivity index (χ2v) is 8.18. The fourth-order valence-corrected chi connectivity index (χ4v) is 4.16. The fraction of sp³-hybridized carbons (Fsp3) is 0.571. The zero-order valence-corrected chi connectivity index (χ0v) is 20.3. The third-order valence-corrected chi connectivity index (χ3v) is 6.04. The summed E-state index contributed by atoms with van der Waals surface area (Å²) in [6.45, 7) is 3.69. The van der Waals surface area contributed by atoms with Gasteiger partial charge in [-0.15, -0.1) is 34.2 Å². The number of benzene rings is 1. The van der Waals surface area contributed by atoms with Gasteiger partial charge >= 0.3 is 0 Å². The molecule has 0 amide bonds. The van der Waals surface area contributed by atoms with Crippen LogP contribution in [0.1, 0.15) is 43.8 Å². The largest absolute Gasteiger partial charge is 0.367 e. The van der Waals surface area contributed by atoms with E-state index in [-0.39, 0.29) is 30.0 Å². The molecular weight excluding hydrogens is 515 g/mol. The molecule has 2 aromatic rings. The fourth-order valence-electron chi connectivity index (χ4n) is 4.16. The molecule has 0 bridgehead atoms. The van der Waals surface area contributed by atoms with Gasteiger partial charge in [-0.25, -0.2) is 13.8 Å². The molecule has 2 N–H and O–H groups in total. The van der Waals surface area contributed by atoms with Crippen LogP contribution in [0.2, 0.25) is 0 Å². The topological polar surface area (TPSA) is 70.4 Å². The van der Waals surface area contributed by atoms with E-state index in [1.54, 1.807) is 0 Å². The Labute approximate surface area is 198 Å². The van der Waals surface area contributed by atoms with Crippen LogP contribution in [0.5, 0.6) is 0 Å². The van der Waals surface area contributed by atoms with Crippen LogP contribution in [0.25, 0.3) is 0 Å². The number of nitrogens with one attached hydrogen (secondary N) is 2. The van der Waals surface area contributed by atoms with Crippen LogP contribution in [0.4, 0.5) is 14.5 Å². The van der Waals surface area contributed by atoms with Gasteiger partial charge in [0.2, 0.25) is 0 Å². The molecular formula is C21H30F2IN7. The maximum atomic E-state index is 14.2. The molecule has 1 aliphatic heterocycles. The highest BCUT2D eigenvalue weighted by molar-refractivity contribution is 14.0. The number of anilines is 1. The molecule has 31 heavy (non-hydrogen) atoms. The van der Waals surface area contributed by atoms with Gasteiger partial charge in [0.05, 0.1) is 5.69 Å². The van der Waals surface area contributed by atoms with E-state index in [0.29, 0.717) is 31.4 Å². The Hall–Kier alpha value is -1.98. The van der Waals surface area contributed by atoms with Crippen molar-refractivity contribution in [2.24, 2.45) is 12.0 Å². The summed E-state index contributed by atoms with van der Waals surface area (Å²) in [7, 11) is 1.93. The van der Waals surface area contributed by atoms with Crippen LogP contribution in [0, 0.1) is 18.6 Å². The van der Waals surface area contributed by atoms with E-state index in [1.165, 1.54) is 25.0 Å². The van der Waals surface area contributed by atoms with Gasteiger partial charge in [0.25, 0.3) is 0 Å². The van der Waals surface area contributed by atoms with E-state index in [9.17, 15) is 8.78 Å². The maximum Gasteiger partial charge on any atom is 0.192 e. The zero-order valence-electron chi connectivity index (χ0n) is 17.9. The molecule has 10 heteroatoms. The minimum absolute atomic E-state index is 0. The summed E-state index contributed by atoms with van der Waals surface area (Å²) in [5.41, 5.74) is 0.442. The third kappa shape index (κ3) is 5.83. The molecule has 0 radical (unpaired) electrons. The molecule has 7 nitrogen and oxygen atoms in total. The van der Waals surface area contributed by atoms with Crippen molar-refractivity contribution >= 4 is 35.6 Å². The number of hydrogen-bond acceptors (Lipinski definition) is 4. The predicted octanol–water partition coefficient (Wildman–Crippen LogP) is 3.28. The van der Waals surface area contributed by atoms with Crippen LogP contribution in [0.3, 0.4) is 0 Å². The van der Waals surface area contributed by atoms with Gasteiger partial charge < -0.3 is 20.1 Å². The molecule has 1 saturated heterocycles. The second-order valence-electron chi connectivity index (χ2n) is 8.18.